The van der Waals surface area contributed by atoms with Crippen molar-refractivity contribution in [1.82, 2.24) is 9.97 Å². The lowest BCUT2D eigenvalue weighted by molar-refractivity contribution is -0.137. The van der Waals surface area contributed by atoms with Crippen molar-refractivity contribution < 1.29 is 18.0 Å². The first kappa shape index (κ1) is 18.5. The van der Waals surface area contributed by atoms with Gasteiger partial charge in [0.1, 0.15) is 11.4 Å². The van der Waals surface area contributed by atoms with Crippen molar-refractivity contribution in [2.24, 2.45) is 0 Å². The van der Waals surface area contributed by atoms with Gasteiger partial charge in [0.25, 0.3) is 0 Å². The van der Waals surface area contributed by atoms with Gasteiger partial charge in [-0.1, -0.05) is 47.6 Å². The minimum Gasteiger partial charge on any atom is -0.324 e. The lowest BCUT2D eigenvalue weighted by Gasteiger charge is -2.15. The van der Waals surface area contributed by atoms with Crippen molar-refractivity contribution in [3.8, 4) is 0 Å². The van der Waals surface area contributed by atoms with Crippen LogP contribution in [-0.2, 0) is 11.0 Å². The molecule has 1 heterocycles. The fraction of sp³-hybridized carbons (Fsp3) is 0.118. The van der Waals surface area contributed by atoms with Crippen LogP contribution >= 0.6 is 23.4 Å². The summed E-state index contributed by atoms with van der Waals surface area (Å²) >= 11 is 6.94. The molecule has 0 saturated heterocycles. The Hall–Kier alpha value is -2.32. The van der Waals surface area contributed by atoms with Crippen LogP contribution in [0.5, 0.6) is 0 Å². The number of halogens is 4. The molecular weight excluding hydrogens is 387 g/mol. The van der Waals surface area contributed by atoms with Crippen molar-refractivity contribution in [3.05, 3.63) is 59.4 Å². The first-order valence-electron chi connectivity index (χ1n) is 7.34. The predicted octanol–water partition coefficient (Wildman–Crippen LogP) is 5.03. The van der Waals surface area contributed by atoms with Gasteiger partial charge in [-0.3, -0.25) is 4.79 Å². The predicted molar refractivity (Wildman–Crippen MR) is 95.3 cm³/mol. The molecule has 26 heavy (non-hydrogen) atoms. The van der Waals surface area contributed by atoms with E-state index in [1.807, 2.05) is 18.2 Å². The first-order valence-corrected chi connectivity index (χ1v) is 8.70. The van der Waals surface area contributed by atoms with Gasteiger partial charge in [0.05, 0.1) is 27.5 Å². The summed E-state index contributed by atoms with van der Waals surface area (Å²) in [5.74, 6) is -0.736. The van der Waals surface area contributed by atoms with Gasteiger partial charge in [0.15, 0.2) is 0 Å². The van der Waals surface area contributed by atoms with Crippen molar-refractivity contribution in [2.45, 2.75) is 11.2 Å². The molecule has 2 aromatic carbocycles. The van der Waals surface area contributed by atoms with Crippen LogP contribution in [0.4, 0.5) is 18.9 Å². The molecule has 0 radical (unpaired) electrons. The number of nitrogens with zero attached hydrogens (tertiary/aromatic N) is 2. The number of anilines is 1. The van der Waals surface area contributed by atoms with Crippen LogP contribution in [0.25, 0.3) is 10.9 Å². The van der Waals surface area contributed by atoms with Crippen LogP contribution in [0, 0.1) is 0 Å². The molecule has 0 fully saturated rings. The Balaban J connectivity index is 1.76. The first-order chi connectivity index (χ1) is 12.4. The van der Waals surface area contributed by atoms with Crippen LogP contribution < -0.4 is 5.32 Å². The van der Waals surface area contributed by atoms with E-state index >= 15 is 0 Å². The number of fused-ring (bicyclic) bond motifs is 1. The third-order valence-corrected chi connectivity index (χ3v) is 4.75. The molecule has 134 valence electrons. The Morgan fingerprint density at radius 2 is 1.88 bits per heavy atom. The Kier molecular flexibility index (Phi) is 5.33. The number of hydrogen-bond donors (Lipinski definition) is 1. The Labute approximate surface area is 155 Å². The molecule has 0 atom stereocenters. The summed E-state index contributed by atoms with van der Waals surface area (Å²) in [5.41, 5.74) is -0.716. The number of thioether (sulfide) groups is 1. The summed E-state index contributed by atoms with van der Waals surface area (Å²) in [4.78, 5) is 20.4. The maximum Gasteiger partial charge on any atom is 0.418 e. The molecule has 1 N–H and O–H groups in total. The molecule has 3 aromatic rings. The molecule has 1 amide bonds. The number of carbonyl (C=O) groups excluding carboxylic acids is 1. The van der Waals surface area contributed by atoms with E-state index in [2.05, 4.69) is 15.3 Å². The number of carbonyl (C=O) groups is 1. The lowest BCUT2D eigenvalue weighted by atomic mass is 10.1. The van der Waals surface area contributed by atoms with E-state index in [1.54, 1.807) is 6.07 Å². The molecular formula is C17H11ClF3N3OS. The zero-order valence-electron chi connectivity index (χ0n) is 13.0. The van der Waals surface area contributed by atoms with Gasteiger partial charge in [-0.05, 0) is 18.2 Å². The second-order valence-corrected chi connectivity index (χ2v) is 6.56. The summed E-state index contributed by atoms with van der Waals surface area (Å²) in [7, 11) is 0. The van der Waals surface area contributed by atoms with Gasteiger partial charge in [-0.25, -0.2) is 9.97 Å². The monoisotopic (exact) mass is 397 g/mol. The summed E-state index contributed by atoms with van der Waals surface area (Å²) in [6.45, 7) is 0. The number of alkyl halides is 3. The van der Waals surface area contributed by atoms with Crippen LogP contribution in [0.2, 0.25) is 5.02 Å². The molecule has 0 aliphatic carbocycles. The molecule has 0 spiro atoms. The molecule has 0 saturated carbocycles. The Morgan fingerprint density at radius 3 is 2.65 bits per heavy atom. The van der Waals surface area contributed by atoms with Crippen molar-refractivity contribution in [1.29, 1.82) is 0 Å². The second kappa shape index (κ2) is 7.51. The number of para-hydroxylation sites is 2. The normalized spacial score (nSPS) is 11.5. The zero-order chi connectivity index (χ0) is 18.7. The summed E-state index contributed by atoms with van der Waals surface area (Å²) in [6, 6.07) is 10.6. The molecule has 1 aromatic heterocycles. The van der Waals surface area contributed by atoms with Gasteiger partial charge in [0.2, 0.25) is 5.91 Å². The van der Waals surface area contributed by atoms with Crippen LogP contribution in [0.3, 0.4) is 0 Å². The summed E-state index contributed by atoms with van der Waals surface area (Å²) < 4.78 is 39.2. The number of aromatic nitrogens is 2. The van der Waals surface area contributed by atoms with Crippen LogP contribution in [0.15, 0.2) is 53.8 Å². The zero-order valence-corrected chi connectivity index (χ0v) is 14.6. The van der Waals surface area contributed by atoms with Crippen molar-refractivity contribution in [3.63, 3.8) is 0 Å². The SMILES string of the molecule is O=C(CSc1ncnc2ccccc12)Nc1c(Cl)cccc1C(F)(F)F. The van der Waals surface area contributed by atoms with E-state index in [9.17, 15) is 18.0 Å². The molecule has 3 rings (SSSR count). The van der Waals surface area contributed by atoms with Gasteiger partial charge < -0.3 is 5.32 Å². The standard InChI is InChI=1S/C17H11ClF3N3OS/c18-12-6-3-5-11(17(19,20)21)15(12)24-14(25)8-26-16-10-4-1-2-7-13(10)22-9-23-16/h1-7,9H,8H2,(H,24,25). The van der Waals surface area contributed by atoms with Crippen LogP contribution in [0.1, 0.15) is 5.56 Å². The lowest BCUT2D eigenvalue weighted by Crippen LogP contribution is -2.18. The number of nitrogens with one attached hydrogen (secondary N) is 1. The number of hydrogen-bond acceptors (Lipinski definition) is 4. The summed E-state index contributed by atoms with van der Waals surface area (Å²) in [6.07, 6.45) is -3.25. The maximum absolute atomic E-state index is 13.1. The average Bonchev–Trinajstić information content (AvgIpc) is 2.60. The third kappa shape index (κ3) is 4.08. The van der Waals surface area contributed by atoms with E-state index in [0.29, 0.717) is 5.03 Å². The number of benzene rings is 2. The molecule has 0 aliphatic heterocycles. The smallest absolute Gasteiger partial charge is 0.324 e. The Bertz CT molecular complexity index is 960. The molecule has 0 unspecified atom stereocenters. The minimum absolute atomic E-state index is 0.122. The van der Waals surface area contributed by atoms with E-state index in [0.717, 1.165) is 28.7 Å². The van der Waals surface area contributed by atoms with Crippen LogP contribution in [-0.4, -0.2) is 21.6 Å². The fourth-order valence-electron chi connectivity index (χ4n) is 2.29. The van der Waals surface area contributed by atoms with Crippen molar-refractivity contribution >= 4 is 45.9 Å². The van der Waals surface area contributed by atoms with Crippen molar-refractivity contribution in [2.75, 3.05) is 11.1 Å². The highest BCUT2D eigenvalue weighted by Gasteiger charge is 2.34. The highest BCUT2D eigenvalue weighted by Crippen LogP contribution is 2.38. The number of rotatable bonds is 4. The fourth-order valence-corrected chi connectivity index (χ4v) is 3.30. The second-order valence-electron chi connectivity index (χ2n) is 5.19. The quantitative estimate of drug-likeness (QED) is 0.495. The van der Waals surface area contributed by atoms with E-state index in [-0.39, 0.29) is 10.8 Å². The topological polar surface area (TPSA) is 54.9 Å². The van der Waals surface area contributed by atoms with E-state index in [1.165, 1.54) is 18.5 Å². The number of amides is 1. The summed E-state index contributed by atoms with van der Waals surface area (Å²) in [5, 5.41) is 3.41. The van der Waals surface area contributed by atoms with Gasteiger partial charge >= 0.3 is 6.18 Å². The van der Waals surface area contributed by atoms with E-state index in [4.69, 9.17) is 11.6 Å². The largest absolute Gasteiger partial charge is 0.418 e. The van der Waals surface area contributed by atoms with Gasteiger partial charge in [-0.15, -0.1) is 0 Å². The average molecular weight is 398 g/mol. The molecule has 0 aliphatic rings. The highest BCUT2D eigenvalue weighted by molar-refractivity contribution is 8.00. The molecule has 4 nitrogen and oxygen atoms in total. The van der Waals surface area contributed by atoms with Gasteiger partial charge in [0, 0.05) is 5.39 Å². The third-order valence-electron chi connectivity index (χ3n) is 3.43. The molecule has 0 bridgehead atoms. The van der Waals surface area contributed by atoms with E-state index < -0.39 is 23.3 Å². The molecule has 9 heteroatoms. The minimum atomic E-state index is -4.62. The maximum atomic E-state index is 13.1. The Morgan fingerprint density at radius 1 is 1.12 bits per heavy atom. The highest BCUT2D eigenvalue weighted by atomic mass is 35.5. The van der Waals surface area contributed by atoms with Gasteiger partial charge in [-0.2, -0.15) is 13.2 Å².